The minimum Gasteiger partial charge on any atom is -0.504 e. The fourth-order valence-corrected chi connectivity index (χ4v) is 4.19. The summed E-state index contributed by atoms with van der Waals surface area (Å²) >= 11 is 0. The second-order valence-electron chi connectivity index (χ2n) is 6.65. The standard InChI is InChI=1S/C18H19NO4/c1-19-4-3-10-7-18(23-2)17(22)8-12(10)14(19)5-11-6-15(20)16(21)9-13(11)19/h6-9,14H,3-5H2,1-2H3,(H2-,20,21,22)/p+1/t14-,19?/m1/s1. The third-order valence-corrected chi connectivity index (χ3v) is 5.47. The van der Waals surface area contributed by atoms with Crippen LogP contribution in [0.2, 0.25) is 0 Å². The number of nitrogens with zero attached hydrogens (tertiary/aromatic N) is 1. The van der Waals surface area contributed by atoms with E-state index in [0.29, 0.717) is 10.2 Å². The number of hydrogen-bond donors (Lipinski definition) is 3. The summed E-state index contributed by atoms with van der Waals surface area (Å²) in [5.74, 6) is 0.507. The molecule has 0 saturated carbocycles. The lowest BCUT2D eigenvalue weighted by Crippen LogP contribution is -2.50. The first kappa shape index (κ1) is 14.2. The fourth-order valence-electron chi connectivity index (χ4n) is 4.19. The predicted molar refractivity (Wildman–Crippen MR) is 87.2 cm³/mol. The van der Waals surface area contributed by atoms with Crippen LogP contribution in [0.1, 0.15) is 22.7 Å². The SMILES string of the molecule is COc1cc2c(cc1O)[C@H]1Cc3cc(O)c(O)cc3[N+]1(C)CC2. The van der Waals surface area contributed by atoms with Crippen LogP contribution in [0, 0.1) is 0 Å². The van der Waals surface area contributed by atoms with Crippen molar-refractivity contribution in [2.45, 2.75) is 18.9 Å². The van der Waals surface area contributed by atoms with Crippen LogP contribution in [0.4, 0.5) is 5.69 Å². The number of benzene rings is 2. The maximum absolute atomic E-state index is 10.2. The molecule has 2 aliphatic rings. The van der Waals surface area contributed by atoms with Crippen LogP contribution in [-0.2, 0) is 12.8 Å². The third-order valence-electron chi connectivity index (χ3n) is 5.47. The molecule has 0 amide bonds. The Morgan fingerprint density at radius 3 is 2.48 bits per heavy atom. The first-order valence-corrected chi connectivity index (χ1v) is 7.74. The molecule has 0 radical (unpaired) electrons. The van der Waals surface area contributed by atoms with Crippen molar-refractivity contribution >= 4 is 5.69 Å². The lowest BCUT2D eigenvalue weighted by atomic mass is 9.90. The number of likely N-dealkylation sites (N-methyl/N-ethyl adjacent to an activating group) is 1. The minimum absolute atomic E-state index is 0.0759. The van der Waals surface area contributed by atoms with Gasteiger partial charge in [0.1, 0.15) is 11.7 Å². The van der Waals surface area contributed by atoms with Gasteiger partial charge in [0, 0.05) is 30.0 Å². The number of fused-ring (bicyclic) bond motifs is 5. The van der Waals surface area contributed by atoms with E-state index < -0.39 is 0 Å². The van der Waals surface area contributed by atoms with E-state index in [1.165, 1.54) is 5.56 Å². The van der Waals surface area contributed by atoms with Gasteiger partial charge in [-0.05, 0) is 23.8 Å². The van der Waals surface area contributed by atoms with Gasteiger partial charge >= 0.3 is 0 Å². The molecule has 0 aromatic heterocycles. The van der Waals surface area contributed by atoms with Crippen molar-refractivity contribution in [3.05, 3.63) is 41.0 Å². The van der Waals surface area contributed by atoms with Crippen molar-refractivity contribution in [2.75, 3.05) is 20.7 Å². The van der Waals surface area contributed by atoms with Gasteiger partial charge < -0.3 is 20.1 Å². The first-order valence-electron chi connectivity index (χ1n) is 7.74. The summed E-state index contributed by atoms with van der Waals surface area (Å²) in [5.41, 5.74) is 4.41. The molecule has 5 heteroatoms. The smallest absolute Gasteiger partial charge is 0.163 e. The lowest BCUT2D eigenvalue weighted by molar-refractivity contribution is 0.251. The van der Waals surface area contributed by atoms with Crippen LogP contribution >= 0.6 is 0 Å². The Bertz CT molecular complexity index is 817. The number of phenolic OH excluding ortho intramolecular Hbond substituents is 3. The zero-order chi connectivity index (χ0) is 16.4. The Balaban J connectivity index is 1.87. The second kappa shape index (κ2) is 4.55. The highest BCUT2D eigenvalue weighted by molar-refractivity contribution is 5.65. The molecule has 0 saturated heterocycles. The highest BCUT2D eigenvalue weighted by atomic mass is 16.5. The number of hydrogen-bond acceptors (Lipinski definition) is 4. The van der Waals surface area contributed by atoms with Crippen LogP contribution in [0.5, 0.6) is 23.0 Å². The summed E-state index contributed by atoms with van der Waals surface area (Å²) in [4.78, 5) is 0. The predicted octanol–water partition coefficient (Wildman–Crippen LogP) is 2.60. The molecule has 2 heterocycles. The summed E-state index contributed by atoms with van der Waals surface area (Å²) in [6.07, 6.45) is 1.65. The van der Waals surface area contributed by atoms with Gasteiger partial charge in [-0.2, -0.15) is 0 Å². The molecule has 5 nitrogen and oxygen atoms in total. The highest BCUT2D eigenvalue weighted by Crippen LogP contribution is 2.52. The molecule has 2 aromatic carbocycles. The van der Waals surface area contributed by atoms with Crippen molar-refractivity contribution in [3.8, 4) is 23.0 Å². The normalized spacial score (nSPS) is 24.7. The van der Waals surface area contributed by atoms with Crippen molar-refractivity contribution in [1.29, 1.82) is 0 Å². The molecule has 120 valence electrons. The average molecular weight is 314 g/mol. The quantitative estimate of drug-likeness (QED) is 0.559. The van der Waals surface area contributed by atoms with Crippen molar-refractivity contribution in [3.63, 3.8) is 0 Å². The molecule has 0 aliphatic carbocycles. The van der Waals surface area contributed by atoms with E-state index in [1.807, 2.05) is 6.07 Å². The second-order valence-corrected chi connectivity index (χ2v) is 6.65. The van der Waals surface area contributed by atoms with Gasteiger partial charge in [-0.1, -0.05) is 0 Å². The van der Waals surface area contributed by atoms with E-state index in [-0.39, 0.29) is 23.3 Å². The minimum atomic E-state index is -0.0767. The van der Waals surface area contributed by atoms with Crippen molar-refractivity contribution in [1.82, 2.24) is 4.48 Å². The molecule has 23 heavy (non-hydrogen) atoms. The molecule has 0 spiro atoms. The molecular weight excluding hydrogens is 294 g/mol. The van der Waals surface area contributed by atoms with Gasteiger partial charge in [0.15, 0.2) is 23.0 Å². The van der Waals surface area contributed by atoms with E-state index in [4.69, 9.17) is 4.74 Å². The van der Waals surface area contributed by atoms with Crippen LogP contribution in [0.15, 0.2) is 24.3 Å². The fraction of sp³-hybridized carbons (Fsp3) is 0.333. The van der Waals surface area contributed by atoms with Crippen LogP contribution < -0.4 is 9.22 Å². The summed E-state index contributed by atoms with van der Waals surface area (Å²) in [6, 6.07) is 7.24. The Hall–Kier alpha value is -2.40. The zero-order valence-corrected chi connectivity index (χ0v) is 13.2. The molecule has 4 rings (SSSR count). The van der Waals surface area contributed by atoms with Gasteiger partial charge in [0.05, 0.1) is 20.7 Å². The first-order chi connectivity index (χ1) is 10.9. The van der Waals surface area contributed by atoms with E-state index in [9.17, 15) is 15.3 Å². The summed E-state index contributed by atoms with van der Waals surface area (Å²) in [5, 5.41) is 29.8. The van der Waals surface area contributed by atoms with Crippen LogP contribution in [0.25, 0.3) is 0 Å². The van der Waals surface area contributed by atoms with Crippen molar-refractivity contribution < 1.29 is 20.1 Å². The Morgan fingerprint density at radius 2 is 1.74 bits per heavy atom. The molecule has 0 fully saturated rings. The van der Waals surface area contributed by atoms with Crippen LogP contribution in [-0.4, -0.2) is 36.0 Å². The Kier molecular flexibility index (Phi) is 2.81. The van der Waals surface area contributed by atoms with Gasteiger partial charge in [-0.15, -0.1) is 0 Å². The van der Waals surface area contributed by atoms with E-state index in [2.05, 4.69) is 7.05 Å². The molecule has 2 aliphatic heterocycles. The molecule has 2 aromatic rings. The third kappa shape index (κ3) is 1.83. The Morgan fingerprint density at radius 1 is 1.00 bits per heavy atom. The summed E-state index contributed by atoms with van der Waals surface area (Å²) in [7, 11) is 3.71. The van der Waals surface area contributed by atoms with Gasteiger partial charge in [0.2, 0.25) is 0 Å². The lowest BCUT2D eigenvalue weighted by Gasteiger charge is -2.41. The number of ether oxygens (including phenoxy) is 1. The summed E-state index contributed by atoms with van der Waals surface area (Å²) in [6.45, 7) is 0.906. The number of phenols is 3. The van der Waals surface area contributed by atoms with Gasteiger partial charge in [-0.25, -0.2) is 0 Å². The van der Waals surface area contributed by atoms with Gasteiger partial charge in [-0.3, -0.25) is 4.48 Å². The number of methoxy groups -OCH3 is 1. The zero-order valence-electron chi connectivity index (χ0n) is 13.2. The van der Waals surface area contributed by atoms with E-state index >= 15 is 0 Å². The Labute approximate surface area is 134 Å². The molecule has 2 atom stereocenters. The molecular formula is C18H20NO4+. The topological polar surface area (TPSA) is 69.9 Å². The number of quaternary nitrogens is 1. The number of rotatable bonds is 1. The monoisotopic (exact) mass is 314 g/mol. The number of aromatic hydroxyl groups is 3. The highest BCUT2D eigenvalue weighted by Gasteiger charge is 2.48. The van der Waals surface area contributed by atoms with Gasteiger partial charge in [0.25, 0.3) is 0 Å². The maximum atomic E-state index is 10.2. The molecule has 3 N–H and O–H groups in total. The largest absolute Gasteiger partial charge is 0.504 e. The maximum Gasteiger partial charge on any atom is 0.163 e. The van der Waals surface area contributed by atoms with E-state index in [0.717, 1.165) is 36.2 Å². The van der Waals surface area contributed by atoms with E-state index in [1.54, 1.807) is 25.3 Å². The molecule has 0 bridgehead atoms. The summed E-state index contributed by atoms with van der Waals surface area (Å²) < 4.78 is 5.90. The van der Waals surface area contributed by atoms with Crippen LogP contribution in [0.3, 0.4) is 0 Å². The molecule has 1 unspecified atom stereocenters. The average Bonchev–Trinajstić information content (AvgIpc) is 2.80. The van der Waals surface area contributed by atoms with Crippen molar-refractivity contribution in [2.24, 2.45) is 0 Å².